The summed E-state index contributed by atoms with van der Waals surface area (Å²) in [7, 11) is 3.80. The van der Waals surface area contributed by atoms with Crippen molar-refractivity contribution in [3.8, 4) is 0 Å². The van der Waals surface area contributed by atoms with Gasteiger partial charge in [0.15, 0.2) is 6.10 Å². The zero-order chi connectivity index (χ0) is 14.7. The van der Waals surface area contributed by atoms with Gasteiger partial charge in [-0.1, -0.05) is 6.07 Å². The molecule has 20 heavy (non-hydrogen) atoms. The van der Waals surface area contributed by atoms with Gasteiger partial charge in [-0.05, 0) is 38.0 Å². The Labute approximate surface area is 118 Å². The highest BCUT2D eigenvalue weighted by atomic mass is 16.5. The quantitative estimate of drug-likeness (QED) is 0.829. The fourth-order valence-corrected chi connectivity index (χ4v) is 1.74. The second-order valence-electron chi connectivity index (χ2n) is 5.28. The molecule has 108 valence electrons. The third-order valence-electron chi connectivity index (χ3n) is 3.18. The number of nitrogens with zero attached hydrogens (tertiary/aromatic N) is 1. The number of carbonyl (C=O) groups is 2. The highest BCUT2D eigenvalue weighted by Gasteiger charge is 2.27. The molecule has 0 aliphatic heterocycles. The van der Waals surface area contributed by atoms with Crippen molar-refractivity contribution < 1.29 is 14.3 Å². The minimum absolute atomic E-state index is 0.232. The van der Waals surface area contributed by atoms with Gasteiger partial charge in [0.05, 0.1) is 5.56 Å². The summed E-state index contributed by atoms with van der Waals surface area (Å²) in [4.78, 5) is 25.7. The fraction of sp³-hybridized carbons (Fsp3) is 0.467. The van der Waals surface area contributed by atoms with E-state index < -0.39 is 12.1 Å². The van der Waals surface area contributed by atoms with Gasteiger partial charge in [0, 0.05) is 25.8 Å². The van der Waals surface area contributed by atoms with Crippen molar-refractivity contribution in [3.63, 3.8) is 0 Å². The van der Waals surface area contributed by atoms with Crippen molar-refractivity contribution in [3.05, 3.63) is 29.8 Å². The molecule has 0 aromatic heterocycles. The van der Waals surface area contributed by atoms with Crippen LogP contribution in [-0.4, -0.2) is 38.1 Å². The van der Waals surface area contributed by atoms with E-state index in [-0.39, 0.29) is 11.9 Å². The molecule has 1 amide bonds. The molecule has 1 unspecified atom stereocenters. The van der Waals surface area contributed by atoms with Crippen molar-refractivity contribution in [1.82, 2.24) is 5.32 Å². The molecule has 1 fully saturated rings. The molecule has 5 nitrogen and oxygen atoms in total. The molecule has 1 atom stereocenters. The van der Waals surface area contributed by atoms with E-state index in [9.17, 15) is 9.59 Å². The number of ether oxygens (including phenoxy) is 1. The van der Waals surface area contributed by atoms with Gasteiger partial charge in [0.25, 0.3) is 5.91 Å². The van der Waals surface area contributed by atoms with E-state index in [1.807, 2.05) is 25.1 Å². The number of amides is 1. The zero-order valence-electron chi connectivity index (χ0n) is 12.1. The maximum Gasteiger partial charge on any atom is 0.338 e. The van der Waals surface area contributed by atoms with Gasteiger partial charge in [-0.2, -0.15) is 0 Å². The highest BCUT2D eigenvalue weighted by Crippen LogP contribution is 2.19. The van der Waals surface area contributed by atoms with Crippen LogP contribution in [0.3, 0.4) is 0 Å². The summed E-state index contributed by atoms with van der Waals surface area (Å²) in [5, 5.41) is 2.82. The lowest BCUT2D eigenvalue weighted by atomic mass is 10.2. The van der Waals surface area contributed by atoms with Crippen LogP contribution >= 0.6 is 0 Å². The van der Waals surface area contributed by atoms with Crippen molar-refractivity contribution in [2.45, 2.75) is 31.9 Å². The van der Waals surface area contributed by atoms with Crippen LogP contribution in [0.4, 0.5) is 5.69 Å². The van der Waals surface area contributed by atoms with Crippen molar-refractivity contribution in [2.24, 2.45) is 0 Å². The van der Waals surface area contributed by atoms with Gasteiger partial charge in [0.1, 0.15) is 0 Å². The first-order valence-corrected chi connectivity index (χ1v) is 6.76. The van der Waals surface area contributed by atoms with Gasteiger partial charge in [0.2, 0.25) is 0 Å². The summed E-state index contributed by atoms with van der Waals surface area (Å²) in [6.45, 7) is 1.59. The van der Waals surface area contributed by atoms with Gasteiger partial charge in [-0.15, -0.1) is 0 Å². The topological polar surface area (TPSA) is 58.6 Å². The Morgan fingerprint density at radius 1 is 1.35 bits per heavy atom. The molecule has 0 radical (unpaired) electrons. The average molecular weight is 276 g/mol. The first-order valence-electron chi connectivity index (χ1n) is 6.76. The van der Waals surface area contributed by atoms with E-state index in [4.69, 9.17) is 4.74 Å². The molecule has 1 N–H and O–H groups in total. The third kappa shape index (κ3) is 3.73. The summed E-state index contributed by atoms with van der Waals surface area (Å²) in [5.74, 6) is -0.711. The molecular weight excluding hydrogens is 256 g/mol. The van der Waals surface area contributed by atoms with Crippen LogP contribution < -0.4 is 10.2 Å². The lowest BCUT2D eigenvalue weighted by Gasteiger charge is -2.15. The smallest absolute Gasteiger partial charge is 0.338 e. The van der Waals surface area contributed by atoms with Gasteiger partial charge < -0.3 is 15.0 Å². The Balaban J connectivity index is 1.96. The molecule has 0 saturated heterocycles. The fourth-order valence-electron chi connectivity index (χ4n) is 1.74. The van der Waals surface area contributed by atoms with Crippen LogP contribution in [0.15, 0.2) is 24.3 Å². The molecule has 1 aliphatic carbocycles. The van der Waals surface area contributed by atoms with Crippen LogP contribution in [0, 0.1) is 0 Å². The average Bonchev–Trinajstić information content (AvgIpc) is 3.22. The summed E-state index contributed by atoms with van der Waals surface area (Å²) < 4.78 is 5.19. The lowest BCUT2D eigenvalue weighted by molar-refractivity contribution is -0.129. The molecule has 0 bridgehead atoms. The van der Waals surface area contributed by atoms with Crippen molar-refractivity contribution in [2.75, 3.05) is 19.0 Å². The minimum atomic E-state index is -0.772. The first-order chi connectivity index (χ1) is 9.47. The summed E-state index contributed by atoms with van der Waals surface area (Å²) in [5.41, 5.74) is 1.36. The van der Waals surface area contributed by atoms with E-state index in [1.165, 1.54) is 0 Å². The van der Waals surface area contributed by atoms with E-state index in [0.717, 1.165) is 18.5 Å². The zero-order valence-corrected chi connectivity index (χ0v) is 12.1. The normalized spacial score (nSPS) is 15.3. The molecular formula is C15H20N2O3. The molecule has 0 spiro atoms. The summed E-state index contributed by atoms with van der Waals surface area (Å²) in [6.07, 6.45) is 1.25. The van der Waals surface area contributed by atoms with Gasteiger partial charge >= 0.3 is 5.97 Å². The number of nitrogens with one attached hydrogen (secondary N) is 1. The number of anilines is 1. The molecule has 1 aliphatic rings. The Morgan fingerprint density at radius 3 is 2.65 bits per heavy atom. The summed E-state index contributed by atoms with van der Waals surface area (Å²) in [6, 6.07) is 7.39. The molecule has 0 heterocycles. The molecule has 5 heteroatoms. The number of rotatable bonds is 5. The highest BCUT2D eigenvalue weighted by molar-refractivity contribution is 5.93. The van der Waals surface area contributed by atoms with Crippen LogP contribution in [0.25, 0.3) is 0 Å². The SMILES string of the molecule is CC(OC(=O)c1cccc(N(C)C)c1)C(=O)NC1CC1. The van der Waals surface area contributed by atoms with Crippen LogP contribution in [0.1, 0.15) is 30.1 Å². The standard InChI is InChI=1S/C15H20N2O3/c1-10(14(18)16-12-7-8-12)20-15(19)11-5-4-6-13(9-11)17(2)3/h4-6,9-10,12H,7-8H2,1-3H3,(H,16,18). The maximum atomic E-state index is 12.0. The molecule has 1 aromatic rings. The van der Waals surface area contributed by atoms with Crippen LogP contribution in [0.5, 0.6) is 0 Å². The molecule has 1 aromatic carbocycles. The number of esters is 1. The molecule has 2 rings (SSSR count). The van der Waals surface area contributed by atoms with E-state index in [2.05, 4.69) is 5.32 Å². The Bertz CT molecular complexity index is 510. The van der Waals surface area contributed by atoms with Crippen molar-refractivity contribution >= 4 is 17.6 Å². The first kappa shape index (κ1) is 14.4. The number of carbonyl (C=O) groups excluding carboxylic acids is 2. The van der Waals surface area contributed by atoms with E-state index in [0.29, 0.717) is 5.56 Å². The molecule has 1 saturated carbocycles. The van der Waals surface area contributed by atoms with Gasteiger partial charge in [-0.3, -0.25) is 4.79 Å². The number of hydrogen-bond acceptors (Lipinski definition) is 4. The largest absolute Gasteiger partial charge is 0.449 e. The number of benzene rings is 1. The van der Waals surface area contributed by atoms with Gasteiger partial charge in [-0.25, -0.2) is 4.79 Å². The second kappa shape index (κ2) is 5.94. The van der Waals surface area contributed by atoms with Crippen LogP contribution in [0.2, 0.25) is 0 Å². The van der Waals surface area contributed by atoms with E-state index >= 15 is 0 Å². The maximum absolute atomic E-state index is 12.0. The lowest BCUT2D eigenvalue weighted by Crippen LogP contribution is -2.37. The predicted octanol–water partition coefficient (Wildman–Crippen LogP) is 1.58. The Kier molecular flexibility index (Phi) is 4.27. The Morgan fingerprint density at radius 2 is 2.05 bits per heavy atom. The number of hydrogen-bond donors (Lipinski definition) is 1. The predicted molar refractivity (Wildman–Crippen MR) is 76.8 cm³/mol. The van der Waals surface area contributed by atoms with Crippen molar-refractivity contribution in [1.29, 1.82) is 0 Å². The third-order valence-corrected chi connectivity index (χ3v) is 3.18. The summed E-state index contributed by atoms with van der Waals surface area (Å²) >= 11 is 0. The second-order valence-corrected chi connectivity index (χ2v) is 5.28. The Hall–Kier alpha value is -2.04. The van der Waals surface area contributed by atoms with E-state index in [1.54, 1.807) is 25.1 Å². The van der Waals surface area contributed by atoms with Crippen LogP contribution in [-0.2, 0) is 9.53 Å². The minimum Gasteiger partial charge on any atom is -0.449 e. The monoisotopic (exact) mass is 276 g/mol.